The molecule has 11 heteroatoms. The van der Waals surface area contributed by atoms with E-state index in [1.54, 1.807) is 4.90 Å². The first-order valence-electron chi connectivity index (χ1n) is 14.7. The van der Waals surface area contributed by atoms with Crippen LogP contribution >= 0.6 is 0 Å². The minimum Gasteiger partial charge on any atom is -0.387 e. The van der Waals surface area contributed by atoms with Gasteiger partial charge in [-0.1, -0.05) is 50.1 Å². The lowest BCUT2D eigenvalue weighted by atomic mass is 9.65. The maximum atomic E-state index is 13.7. The Morgan fingerprint density at radius 1 is 1.02 bits per heavy atom. The number of aromatic nitrogens is 1. The molecule has 1 N–H and O–H groups in total. The molecule has 2 aromatic rings. The molecule has 5 rings (SSSR count). The third kappa shape index (κ3) is 6.13. The van der Waals surface area contributed by atoms with Gasteiger partial charge in [-0.25, -0.2) is 0 Å². The first-order chi connectivity index (χ1) is 19.9. The Morgan fingerprint density at radius 2 is 1.69 bits per heavy atom. The summed E-state index contributed by atoms with van der Waals surface area (Å²) < 4.78 is 45.8. The highest BCUT2D eigenvalue weighted by Gasteiger charge is 2.56. The fourth-order valence-corrected chi connectivity index (χ4v) is 6.98. The normalized spacial score (nSPS) is 23.3. The van der Waals surface area contributed by atoms with Gasteiger partial charge >= 0.3 is 6.18 Å². The predicted molar refractivity (Wildman–Crippen MR) is 150 cm³/mol. The zero-order valence-corrected chi connectivity index (χ0v) is 23.9. The molecule has 42 heavy (non-hydrogen) atoms. The van der Waals surface area contributed by atoms with Crippen molar-refractivity contribution >= 4 is 11.8 Å². The Morgan fingerprint density at radius 3 is 2.33 bits per heavy atom. The number of piperidine rings is 1. The average molecular weight is 590 g/mol. The number of morpholine rings is 1. The molecular formula is C31H38F3N3O5. The average Bonchev–Trinajstić information content (AvgIpc) is 3.45. The SMILES string of the molecule is C[C@H](CC(F)(F)F)C(=O)N1CC[C@](O)(Cn2cc(C(=O)N3CCOCC3)c(-c3ccccc3)cc2=O)C2(CCCC2)C1. The van der Waals surface area contributed by atoms with E-state index in [-0.39, 0.29) is 37.5 Å². The van der Waals surface area contributed by atoms with Crippen LogP contribution in [0.2, 0.25) is 0 Å². The smallest absolute Gasteiger partial charge is 0.387 e. The second-order valence-corrected chi connectivity index (χ2v) is 12.1. The molecule has 1 aromatic carbocycles. The van der Waals surface area contributed by atoms with Crippen molar-refractivity contribution in [3.8, 4) is 11.1 Å². The molecule has 1 aliphatic carbocycles. The maximum Gasteiger partial charge on any atom is 0.389 e. The topological polar surface area (TPSA) is 92.1 Å². The van der Waals surface area contributed by atoms with Crippen molar-refractivity contribution in [2.45, 2.75) is 63.8 Å². The molecule has 1 aromatic heterocycles. The molecule has 228 valence electrons. The summed E-state index contributed by atoms with van der Waals surface area (Å²) in [6.07, 6.45) is -1.17. The second kappa shape index (κ2) is 11.8. The molecule has 1 spiro atoms. The van der Waals surface area contributed by atoms with Crippen LogP contribution in [-0.2, 0) is 16.1 Å². The van der Waals surface area contributed by atoms with Gasteiger partial charge in [0, 0.05) is 55.3 Å². The predicted octanol–water partition coefficient (Wildman–Crippen LogP) is 4.10. The highest BCUT2D eigenvalue weighted by Crippen LogP contribution is 2.52. The molecule has 3 fully saturated rings. The summed E-state index contributed by atoms with van der Waals surface area (Å²) in [5.74, 6) is -2.01. The molecule has 0 radical (unpaired) electrons. The number of rotatable bonds is 6. The van der Waals surface area contributed by atoms with E-state index in [1.807, 2.05) is 30.3 Å². The number of likely N-dealkylation sites (tertiary alicyclic amines) is 1. The number of ether oxygens (including phenoxy) is 1. The first-order valence-corrected chi connectivity index (χ1v) is 14.7. The molecule has 2 saturated heterocycles. The number of hydrogen-bond donors (Lipinski definition) is 1. The summed E-state index contributed by atoms with van der Waals surface area (Å²) in [6, 6.07) is 10.6. The Kier molecular flexibility index (Phi) is 8.53. The lowest BCUT2D eigenvalue weighted by Crippen LogP contribution is -2.62. The highest BCUT2D eigenvalue weighted by atomic mass is 19.4. The van der Waals surface area contributed by atoms with Gasteiger partial charge < -0.3 is 24.2 Å². The van der Waals surface area contributed by atoms with Gasteiger partial charge in [0.15, 0.2) is 0 Å². The summed E-state index contributed by atoms with van der Waals surface area (Å²) in [7, 11) is 0. The summed E-state index contributed by atoms with van der Waals surface area (Å²) in [5.41, 5.74) is -0.930. The fourth-order valence-electron chi connectivity index (χ4n) is 6.98. The van der Waals surface area contributed by atoms with Gasteiger partial charge in [0.2, 0.25) is 5.91 Å². The Bertz CT molecular complexity index is 1350. The third-order valence-corrected chi connectivity index (χ3v) is 9.28. The van der Waals surface area contributed by atoms with Gasteiger partial charge in [-0.2, -0.15) is 13.2 Å². The summed E-state index contributed by atoms with van der Waals surface area (Å²) >= 11 is 0. The van der Waals surface area contributed by atoms with E-state index in [0.717, 1.165) is 18.4 Å². The van der Waals surface area contributed by atoms with E-state index in [4.69, 9.17) is 4.74 Å². The number of alkyl halides is 3. The Labute approximate surface area is 243 Å². The number of hydrogen-bond acceptors (Lipinski definition) is 5. The van der Waals surface area contributed by atoms with Crippen LogP contribution in [0.5, 0.6) is 0 Å². The van der Waals surface area contributed by atoms with Crippen molar-refractivity contribution < 1.29 is 32.6 Å². The van der Waals surface area contributed by atoms with Gasteiger partial charge in [0.1, 0.15) is 0 Å². The summed E-state index contributed by atoms with van der Waals surface area (Å²) in [5, 5.41) is 12.2. The van der Waals surface area contributed by atoms with Crippen molar-refractivity contribution in [3.05, 3.63) is 58.5 Å². The van der Waals surface area contributed by atoms with Gasteiger partial charge in [0.25, 0.3) is 11.5 Å². The number of carbonyl (C=O) groups excluding carboxylic acids is 2. The number of benzene rings is 1. The number of nitrogens with zero attached hydrogens (tertiary/aromatic N) is 3. The minimum absolute atomic E-state index is 0.0789. The van der Waals surface area contributed by atoms with Crippen LogP contribution in [0, 0.1) is 11.3 Å². The fraction of sp³-hybridized carbons (Fsp3) is 0.581. The largest absolute Gasteiger partial charge is 0.389 e. The van der Waals surface area contributed by atoms with E-state index < -0.39 is 35.4 Å². The second-order valence-electron chi connectivity index (χ2n) is 12.1. The van der Waals surface area contributed by atoms with E-state index in [2.05, 4.69) is 0 Å². The zero-order valence-electron chi connectivity index (χ0n) is 23.9. The maximum absolute atomic E-state index is 13.7. The van der Waals surface area contributed by atoms with Crippen LogP contribution in [0.15, 0.2) is 47.4 Å². The van der Waals surface area contributed by atoms with Gasteiger partial charge in [0.05, 0.1) is 37.3 Å². The molecular weight excluding hydrogens is 551 g/mol. The number of amides is 2. The molecule has 2 aliphatic heterocycles. The first kappa shape index (κ1) is 30.3. The van der Waals surface area contributed by atoms with Crippen molar-refractivity contribution in [2.75, 3.05) is 39.4 Å². The molecule has 3 heterocycles. The van der Waals surface area contributed by atoms with E-state index >= 15 is 0 Å². The molecule has 0 unspecified atom stereocenters. The van der Waals surface area contributed by atoms with Gasteiger partial charge in [-0.3, -0.25) is 14.4 Å². The van der Waals surface area contributed by atoms with Gasteiger partial charge in [-0.15, -0.1) is 0 Å². The number of carbonyl (C=O) groups is 2. The number of halogens is 3. The molecule has 8 nitrogen and oxygen atoms in total. The van der Waals surface area contributed by atoms with Crippen LogP contribution in [0.4, 0.5) is 13.2 Å². The van der Waals surface area contributed by atoms with E-state index in [9.17, 15) is 32.7 Å². The van der Waals surface area contributed by atoms with E-state index in [1.165, 1.54) is 28.7 Å². The molecule has 2 atom stereocenters. The minimum atomic E-state index is -4.44. The van der Waals surface area contributed by atoms with Crippen molar-refractivity contribution in [1.82, 2.24) is 14.4 Å². The summed E-state index contributed by atoms with van der Waals surface area (Å²) in [6.45, 7) is 3.14. The van der Waals surface area contributed by atoms with Crippen molar-refractivity contribution in [1.29, 1.82) is 0 Å². The lowest BCUT2D eigenvalue weighted by Gasteiger charge is -2.52. The highest BCUT2D eigenvalue weighted by molar-refractivity contribution is 6.00. The lowest BCUT2D eigenvalue weighted by molar-refractivity contribution is -0.172. The Hall–Kier alpha value is -3.18. The van der Waals surface area contributed by atoms with Crippen LogP contribution in [0.25, 0.3) is 11.1 Å². The van der Waals surface area contributed by atoms with Crippen molar-refractivity contribution in [3.63, 3.8) is 0 Å². The van der Waals surface area contributed by atoms with Crippen LogP contribution in [0.1, 0.15) is 55.8 Å². The van der Waals surface area contributed by atoms with Crippen LogP contribution < -0.4 is 5.56 Å². The monoisotopic (exact) mass is 589 g/mol. The molecule has 2 amide bonds. The van der Waals surface area contributed by atoms with Gasteiger partial charge in [-0.05, 0) is 24.8 Å². The Balaban J connectivity index is 1.46. The molecule has 0 bridgehead atoms. The van der Waals surface area contributed by atoms with E-state index in [0.29, 0.717) is 50.3 Å². The number of aliphatic hydroxyl groups is 1. The van der Waals surface area contributed by atoms with Crippen molar-refractivity contribution in [2.24, 2.45) is 11.3 Å². The van der Waals surface area contributed by atoms with Crippen LogP contribution in [0.3, 0.4) is 0 Å². The molecule has 3 aliphatic rings. The van der Waals surface area contributed by atoms with Crippen LogP contribution in [-0.4, -0.2) is 82.5 Å². The third-order valence-electron chi connectivity index (χ3n) is 9.28. The number of pyridine rings is 1. The quantitative estimate of drug-likeness (QED) is 0.548. The standard InChI is InChI=1S/C31H38F3N3O5/c1-22(18-31(32,33)34)27(39)36-12-11-30(41,29(20-36)9-5-6-10-29)21-37-19-25(28(40)35-13-15-42-16-14-35)24(17-26(37)38)23-7-3-2-4-8-23/h2-4,7-8,17,19,22,41H,5-6,9-16,18,20-21H2,1H3/t22-,30+/m1/s1. The summed E-state index contributed by atoms with van der Waals surface area (Å²) in [4.78, 5) is 43.4. The zero-order chi connectivity index (χ0) is 30.1. The molecule has 1 saturated carbocycles.